The van der Waals surface area contributed by atoms with Gasteiger partial charge in [0, 0.05) is 23.9 Å². The van der Waals surface area contributed by atoms with Gasteiger partial charge in [-0.15, -0.1) is 0 Å². The van der Waals surface area contributed by atoms with Gasteiger partial charge in [-0.3, -0.25) is 4.79 Å². The van der Waals surface area contributed by atoms with Gasteiger partial charge in [0.15, 0.2) is 17.3 Å². The van der Waals surface area contributed by atoms with Gasteiger partial charge in [-0.2, -0.15) is 0 Å². The van der Waals surface area contributed by atoms with Gasteiger partial charge in [-0.05, 0) is 42.5 Å². The van der Waals surface area contributed by atoms with Crippen molar-refractivity contribution in [1.29, 1.82) is 0 Å². The number of carbonyl (C=O) groups excluding carboxylic acids is 1. The predicted molar refractivity (Wildman–Crippen MR) is 72.4 cm³/mol. The summed E-state index contributed by atoms with van der Waals surface area (Å²) in [4.78, 5) is 12.2. The minimum absolute atomic E-state index is 0.127. The molecule has 0 spiro atoms. The van der Waals surface area contributed by atoms with Crippen LogP contribution in [-0.2, 0) is 0 Å². The van der Waals surface area contributed by atoms with Gasteiger partial charge in [-0.1, -0.05) is 0 Å². The largest absolute Gasteiger partial charge is 0.494 e. The molecule has 0 radical (unpaired) electrons. The molecule has 0 bridgehead atoms. The third-order valence-corrected chi connectivity index (χ3v) is 2.85. The van der Waals surface area contributed by atoms with Crippen LogP contribution in [0.15, 0.2) is 42.5 Å². The lowest BCUT2D eigenvalue weighted by Gasteiger charge is -2.06. The van der Waals surface area contributed by atoms with Crippen molar-refractivity contribution in [3.8, 4) is 5.75 Å². The Hall–Kier alpha value is -2.36. The number of carbonyl (C=O) groups is 1. The molecule has 19 heavy (non-hydrogen) atoms. The molecule has 2 aromatic carbocycles. The highest BCUT2D eigenvalue weighted by atomic mass is 19.1. The van der Waals surface area contributed by atoms with E-state index in [4.69, 9.17) is 4.74 Å². The summed E-state index contributed by atoms with van der Waals surface area (Å²) in [5, 5.41) is 2.97. The number of ether oxygens (including phenoxy) is 1. The smallest absolute Gasteiger partial charge is 0.193 e. The fourth-order valence-corrected chi connectivity index (χ4v) is 1.76. The quantitative estimate of drug-likeness (QED) is 0.857. The van der Waals surface area contributed by atoms with Crippen molar-refractivity contribution in [1.82, 2.24) is 0 Å². The standard InChI is InChI=1S/C15H14FNO2/c1-17-12-6-3-10(4-7-12)15(18)11-5-8-14(19-2)13(16)9-11/h3-9,17H,1-2H3. The summed E-state index contributed by atoms with van der Waals surface area (Å²) in [6.45, 7) is 0. The number of nitrogens with one attached hydrogen (secondary N) is 1. The first-order valence-electron chi connectivity index (χ1n) is 5.81. The SMILES string of the molecule is CNc1ccc(C(=O)c2ccc(OC)c(F)c2)cc1. The molecule has 2 aromatic rings. The number of rotatable bonds is 4. The Labute approximate surface area is 111 Å². The average molecular weight is 259 g/mol. The molecule has 0 unspecified atom stereocenters. The fourth-order valence-electron chi connectivity index (χ4n) is 1.76. The first-order valence-corrected chi connectivity index (χ1v) is 5.81. The summed E-state index contributed by atoms with van der Waals surface area (Å²) in [5.41, 5.74) is 1.73. The molecule has 0 saturated carbocycles. The monoisotopic (exact) mass is 259 g/mol. The Morgan fingerprint density at radius 1 is 1.11 bits per heavy atom. The molecular weight excluding hydrogens is 245 g/mol. The molecule has 0 amide bonds. The third-order valence-electron chi connectivity index (χ3n) is 2.85. The van der Waals surface area contributed by atoms with E-state index < -0.39 is 5.82 Å². The topological polar surface area (TPSA) is 38.3 Å². The molecule has 0 heterocycles. The second kappa shape index (κ2) is 5.52. The van der Waals surface area contributed by atoms with E-state index >= 15 is 0 Å². The lowest BCUT2D eigenvalue weighted by molar-refractivity contribution is 0.103. The van der Waals surface area contributed by atoms with Crippen molar-refractivity contribution in [3.63, 3.8) is 0 Å². The van der Waals surface area contributed by atoms with E-state index in [1.807, 2.05) is 0 Å². The van der Waals surface area contributed by atoms with Crippen molar-refractivity contribution < 1.29 is 13.9 Å². The second-order valence-corrected chi connectivity index (χ2v) is 4.01. The zero-order chi connectivity index (χ0) is 13.8. The highest BCUT2D eigenvalue weighted by Crippen LogP contribution is 2.20. The summed E-state index contributed by atoms with van der Waals surface area (Å²) in [6.07, 6.45) is 0. The molecule has 0 saturated heterocycles. The van der Waals surface area contributed by atoms with E-state index in [1.165, 1.54) is 19.2 Å². The van der Waals surface area contributed by atoms with Crippen molar-refractivity contribution in [2.45, 2.75) is 0 Å². The van der Waals surface area contributed by atoms with Crippen molar-refractivity contribution >= 4 is 11.5 Å². The zero-order valence-corrected chi connectivity index (χ0v) is 10.7. The van der Waals surface area contributed by atoms with E-state index in [0.29, 0.717) is 11.1 Å². The molecule has 1 N–H and O–H groups in total. The van der Waals surface area contributed by atoms with Gasteiger partial charge in [0.05, 0.1) is 7.11 Å². The van der Waals surface area contributed by atoms with Gasteiger partial charge < -0.3 is 10.1 Å². The van der Waals surface area contributed by atoms with Crippen molar-refractivity contribution in [2.24, 2.45) is 0 Å². The van der Waals surface area contributed by atoms with Crippen molar-refractivity contribution in [3.05, 3.63) is 59.4 Å². The lowest BCUT2D eigenvalue weighted by Crippen LogP contribution is -2.02. The fraction of sp³-hybridized carbons (Fsp3) is 0.133. The van der Waals surface area contributed by atoms with Gasteiger partial charge in [0.25, 0.3) is 0 Å². The molecule has 2 rings (SSSR count). The predicted octanol–water partition coefficient (Wildman–Crippen LogP) is 3.11. The lowest BCUT2D eigenvalue weighted by atomic mass is 10.0. The van der Waals surface area contributed by atoms with Gasteiger partial charge in [0.1, 0.15) is 0 Å². The second-order valence-electron chi connectivity index (χ2n) is 4.01. The number of anilines is 1. The van der Waals surface area contributed by atoms with Crippen LogP contribution < -0.4 is 10.1 Å². The molecule has 0 aliphatic carbocycles. The number of methoxy groups -OCH3 is 1. The van der Waals surface area contributed by atoms with Gasteiger partial charge >= 0.3 is 0 Å². The van der Waals surface area contributed by atoms with Crippen LogP contribution in [0.5, 0.6) is 5.75 Å². The van der Waals surface area contributed by atoms with Crippen LogP contribution in [0, 0.1) is 5.82 Å². The molecule has 0 fully saturated rings. The minimum atomic E-state index is -0.541. The maximum atomic E-state index is 13.6. The van der Waals surface area contributed by atoms with Crippen LogP contribution in [0.2, 0.25) is 0 Å². The summed E-state index contributed by atoms with van der Waals surface area (Å²) in [6, 6.07) is 11.2. The maximum absolute atomic E-state index is 13.6. The average Bonchev–Trinajstić information content (AvgIpc) is 2.46. The summed E-state index contributed by atoms with van der Waals surface area (Å²) >= 11 is 0. The van der Waals surface area contributed by atoms with E-state index in [0.717, 1.165) is 5.69 Å². The first-order chi connectivity index (χ1) is 9.15. The van der Waals surface area contributed by atoms with Crippen LogP contribution in [0.25, 0.3) is 0 Å². The van der Waals surface area contributed by atoms with Crippen LogP contribution in [-0.4, -0.2) is 19.9 Å². The van der Waals surface area contributed by atoms with Gasteiger partial charge in [-0.25, -0.2) is 4.39 Å². The van der Waals surface area contributed by atoms with Gasteiger partial charge in [0.2, 0.25) is 0 Å². The van der Waals surface area contributed by atoms with Crippen LogP contribution >= 0.6 is 0 Å². The van der Waals surface area contributed by atoms with E-state index in [2.05, 4.69) is 5.32 Å². The van der Waals surface area contributed by atoms with Crippen molar-refractivity contribution in [2.75, 3.05) is 19.5 Å². The Bertz CT molecular complexity index is 594. The first kappa shape index (κ1) is 13.1. The number of benzene rings is 2. The summed E-state index contributed by atoms with van der Waals surface area (Å²) in [7, 11) is 3.19. The van der Waals surface area contributed by atoms with E-state index in [9.17, 15) is 9.18 Å². The highest BCUT2D eigenvalue weighted by Gasteiger charge is 2.12. The van der Waals surface area contributed by atoms with Crippen LogP contribution in [0.4, 0.5) is 10.1 Å². The number of halogens is 1. The Morgan fingerprint density at radius 2 is 1.74 bits per heavy atom. The third kappa shape index (κ3) is 2.73. The zero-order valence-electron chi connectivity index (χ0n) is 10.7. The van der Waals surface area contributed by atoms with Crippen LogP contribution in [0.1, 0.15) is 15.9 Å². The number of ketones is 1. The molecule has 0 aliphatic heterocycles. The molecule has 0 aromatic heterocycles. The molecule has 3 nitrogen and oxygen atoms in total. The molecule has 0 atom stereocenters. The van der Waals surface area contributed by atoms with E-state index in [1.54, 1.807) is 37.4 Å². The normalized spacial score (nSPS) is 10.1. The Morgan fingerprint density at radius 3 is 2.26 bits per heavy atom. The summed E-state index contributed by atoms with van der Waals surface area (Å²) in [5.74, 6) is -0.633. The highest BCUT2D eigenvalue weighted by molar-refractivity contribution is 6.09. The minimum Gasteiger partial charge on any atom is -0.494 e. The Kier molecular flexibility index (Phi) is 3.80. The van der Waals surface area contributed by atoms with E-state index in [-0.39, 0.29) is 11.5 Å². The maximum Gasteiger partial charge on any atom is 0.193 e. The molecule has 4 heteroatoms. The Balaban J connectivity index is 2.30. The molecule has 0 aliphatic rings. The molecule has 98 valence electrons. The number of hydrogen-bond acceptors (Lipinski definition) is 3. The summed E-state index contributed by atoms with van der Waals surface area (Å²) < 4.78 is 18.4. The number of hydrogen-bond donors (Lipinski definition) is 1. The van der Waals surface area contributed by atoms with Crippen LogP contribution in [0.3, 0.4) is 0 Å². The molecular formula is C15H14FNO2.